The van der Waals surface area contributed by atoms with Crippen molar-refractivity contribution in [3.63, 3.8) is 0 Å². The lowest BCUT2D eigenvalue weighted by atomic mass is 10.0. The van der Waals surface area contributed by atoms with Crippen molar-refractivity contribution < 1.29 is 9.53 Å². The number of benzene rings is 1. The molecule has 5 heteroatoms. The van der Waals surface area contributed by atoms with Crippen LogP contribution in [0.15, 0.2) is 24.3 Å². The van der Waals surface area contributed by atoms with E-state index in [1.54, 1.807) is 0 Å². The molecule has 1 amide bonds. The summed E-state index contributed by atoms with van der Waals surface area (Å²) in [4.78, 5) is 11.6. The second kappa shape index (κ2) is 7.54. The molecule has 0 aliphatic carbocycles. The van der Waals surface area contributed by atoms with Crippen molar-refractivity contribution in [2.75, 3.05) is 11.9 Å². The number of ether oxygens (including phenoxy) is 1. The van der Waals surface area contributed by atoms with Gasteiger partial charge in [0.1, 0.15) is 6.10 Å². The van der Waals surface area contributed by atoms with Gasteiger partial charge >= 0.3 is 0 Å². The van der Waals surface area contributed by atoms with Crippen molar-refractivity contribution in [3.05, 3.63) is 29.8 Å². The predicted octanol–water partition coefficient (Wildman–Crippen LogP) is 2.82. The van der Waals surface area contributed by atoms with E-state index in [4.69, 9.17) is 4.74 Å². The third kappa shape index (κ3) is 3.87. The second-order valence-electron chi connectivity index (χ2n) is 3.71. The van der Waals surface area contributed by atoms with Crippen LogP contribution in [0.1, 0.15) is 18.9 Å². The van der Waals surface area contributed by atoms with Crippen molar-refractivity contribution in [1.29, 1.82) is 0 Å². The minimum atomic E-state index is -0.320. The summed E-state index contributed by atoms with van der Waals surface area (Å²) in [5, 5.41) is 2.85. The molecular weight excluding hydrogens is 261 g/mol. The topological polar surface area (TPSA) is 38.3 Å². The van der Waals surface area contributed by atoms with Gasteiger partial charge < -0.3 is 10.1 Å². The first kappa shape index (κ1) is 16.2. The zero-order valence-electron chi connectivity index (χ0n) is 9.64. The van der Waals surface area contributed by atoms with Gasteiger partial charge in [-0.05, 0) is 18.1 Å². The van der Waals surface area contributed by atoms with Gasteiger partial charge in [-0.25, -0.2) is 0 Å². The molecule has 1 aliphatic heterocycles. The van der Waals surface area contributed by atoms with E-state index in [-0.39, 0.29) is 36.8 Å². The van der Waals surface area contributed by atoms with Crippen LogP contribution >= 0.6 is 24.8 Å². The zero-order valence-corrected chi connectivity index (χ0v) is 11.3. The van der Waals surface area contributed by atoms with Crippen LogP contribution in [-0.2, 0) is 16.0 Å². The highest BCUT2D eigenvalue weighted by molar-refractivity contribution is 5.97. The normalized spacial score (nSPS) is 17.2. The number of carbonyl (C=O) groups is 1. The van der Waals surface area contributed by atoms with E-state index >= 15 is 0 Å². The lowest BCUT2D eigenvalue weighted by molar-refractivity contribution is -0.127. The highest BCUT2D eigenvalue weighted by atomic mass is 35.5. The molecule has 96 valence electrons. The van der Waals surface area contributed by atoms with Crippen molar-refractivity contribution in [3.8, 4) is 0 Å². The SMILES string of the molecule is CCCOC1Cc2ccccc2NC1=O.Cl.Cl. The molecule has 0 fully saturated rings. The molecule has 0 radical (unpaired) electrons. The van der Waals surface area contributed by atoms with Gasteiger partial charge in [0.25, 0.3) is 5.91 Å². The molecule has 17 heavy (non-hydrogen) atoms. The second-order valence-corrected chi connectivity index (χ2v) is 3.71. The molecule has 1 atom stereocenters. The van der Waals surface area contributed by atoms with Crippen molar-refractivity contribution in [1.82, 2.24) is 0 Å². The third-order valence-corrected chi connectivity index (χ3v) is 2.50. The van der Waals surface area contributed by atoms with Crippen LogP contribution in [0.5, 0.6) is 0 Å². The molecular formula is C12H17Cl2NO2. The van der Waals surface area contributed by atoms with Gasteiger partial charge in [0.05, 0.1) is 0 Å². The maximum absolute atomic E-state index is 11.6. The summed E-state index contributed by atoms with van der Waals surface area (Å²) in [6.45, 7) is 2.68. The smallest absolute Gasteiger partial charge is 0.253 e. The van der Waals surface area contributed by atoms with Gasteiger partial charge in [-0.3, -0.25) is 4.79 Å². The first-order chi connectivity index (χ1) is 7.31. The Bertz CT molecular complexity index is 371. The van der Waals surface area contributed by atoms with E-state index in [9.17, 15) is 4.79 Å². The molecule has 1 heterocycles. The maximum atomic E-state index is 11.6. The minimum Gasteiger partial charge on any atom is -0.368 e. The fourth-order valence-electron chi connectivity index (χ4n) is 1.72. The van der Waals surface area contributed by atoms with Crippen LogP contribution in [0.25, 0.3) is 0 Å². The Morgan fingerprint density at radius 1 is 1.35 bits per heavy atom. The molecule has 3 nitrogen and oxygen atoms in total. The van der Waals surface area contributed by atoms with Gasteiger partial charge in [0, 0.05) is 18.7 Å². The van der Waals surface area contributed by atoms with Crippen LogP contribution in [0.4, 0.5) is 5.69 Å². The molecule has 2 rings (SSSR count). The molecule has 0 bridgehead atoms. The van der Waals surface area contributed by atoms with E-state index < -0.39 is 0 Å². The lowest BCUT2D eigenvalue weighted by Crippen LogP contribution is -2.36. The quantitative estimate of drug-likeness (QED) is 0.923. The van der Waals surface area contributed by atoms with E-state index in [1.807, 2.05) is 31.2 Å². The number of para-hydroxylation sites is 1. The Morgan fingerprint density at radius 2 is 2.06 bits per heavy atom. The lowest BCUT2D eigenvalue weighted by Gasteiger charge is -2.24. The summed E-state index contributed by atoms with van der Waals surface area (Å²) >= 11 is 0. The number of nitrogens with one attached hydrogen (secondary N) is 1. The summed E-state index contributed by atoms with van der Waals surface area (Å²) in [5.41, 5.74) is 2.07. The standard InChI is InChI=1S/C12H15NO2.2ClH/c1-2-7-15-11-8-9-5-3-4-6-10(9)13-12(11)14;;/h3-6,11H,2,7-8H2,1H3,(H,13,14);2*1H. The number of fused-ring (bicyclic) bond motifs is 1. The molecule has 0 saturated heterocycles. The van der Waals surface area contributed by atoms with Gasteiger partial charge in [-0.1, -0.05) is 25.1 Å². The molecule has 1 aromatic rings. The van der Waals surface area contributed by atoms with Crippen molar-refractivity contribution in [2.24, 2.45) is 0 Å². The van der Waals surface area contributed by atoms with E-state index in [1.165, 1.54) is 0 Å². The number of hydrogen-bond donors (Lipinski definition) is 1. The maximum Gasteiger partial charge on any atom is 0.253 e. The fraction of sp³-hybridized carbons (Fsp3) is 0.417. The first-order valence-electron chi connectivity index (χ1n) is 5.31. The van der Waals surface area contributed by atoms with Crippen LogP contribution < -0.4 is 5.32 Å². The third-order valence-electron chi connectivity index (χ3n) is 2.50. The number of amides is 1. The summed E-state index contributed by atoms with van der Waals surface area (Å²) < 4.78 is 5.49. The molecule has 1 aromatic carbocycles. The fourth-order valence-corrected chi connectivity index (χ4v) is 1.72. The highest BCUT2D eigenvalue weighted by Gasteiger charge is 2.25. The van der Waals surface area contributed by atoms with Gasteiger partial charge in [-0.15, -0.1) is 24.8 Å². The molecule has 1 N–H and O–H groups in total. The number of anilines is 1. The van der Waals surface area contributed by atoms with Crippen LogP contribution in [0.2, 0.25) is 0 Å². The Balaban J connectivity index is 0.00000128. The van der Waals surface area contributed by atoms with Crippen LogP contribution in [0, 0.1) is 0 Å². The number of halogens is 2. The molecule has 1 unspecified atom stereocenters. The number of carbonyl (C=O) groups excluding carboxylic acids is 1. The summed E-state index contributed by atoms with van der Waals surface area (Å²) in [5.74, 6) is -0.0258. The van der Waals surface area contributed by atoms with Crippen molar-refractivity contribution in [2.45, 2.75) is 25.9 Å². The molecule has 0 aromatic heterocycles. The Morgan fingerprint density at radius 3 is 2.76 bits per heavy atom. The Hall–Kier alpha value is -0.770. The highest BCUT2D eigenvalue weighted by Crippen LogP contribution is 2.23. The average Bonchev–Trinajstić information content (AvgIpc) is 2.26. The number of rotatable bonds is 3. The summed E-state index contributed by atoms with van der Waals surface area (Å²) in [7, 11) is 0. The number of hydrogen-bond acceptors (Lipinski definition) is 2. The predicted molar refractivity (Wildman–Crippen MR) is 73.3 cm³/mol. The first-order valence-corrected chi connectivity index (χ1v) is 5.31. The van der Waals surface area contributed by atoms with Gasteiger partial charge in [0.2, 0.25) is 0 Å². The van der Waals surface area contributed by atoms with E-state index in [0.717, 1.165) is 17.7 Å². The largest absolute Gasteiger partial charge is 0.368 e. The van der Waals surface area contributed by atoms with E-state index in [2.05, 4.69) is 5.32 Å². The summed E-state index contributed by atoms with van der Waals surface area (Å²) in [6.07, 6.45) is 1.30. The zero-order chi connectivity index (χ0) is 10.7. The van der Waals surface area contributed by atoms with Crippen LogP contribution in [0.3, 0.4) is 0 Å². The average molecular weight is 278 g/mol. The summed E-state index contributed by atoms with van der Waals surface area (Å²) in [6, 6.07) is 7.85. The van der Waals surface area contributed by atoms with Gasteiger partial charge in [0.15, 0.2) is 0 Å². The van der Waals surface area contributed by atoms with Crippen molar-refractivity contribution >= 4 is 36.4 Å². The Labute approximate surface area is 114 Å². The Kier molecular flexibility index (Phi) is 7.19. The van der Waals surface area contributed by atoms with Gasteiger partial charge in [-0.2, -0.15) is 0 Å². The molecule has 0 saturated carbocycles. The minimum absolute atomic E-state index is 0. The van der Waals surface area contributed by atoms with E-state index in [0.29, 0.717) is 13.0 Å². The monoisotopic (exact) mass is 277 g/mol. The molecule has 0 spiro atoms. The van der Waals surface area contributed by atoms with Crippen LogP contribution in [-0.4, -0.2) is 18.6 Å². The molecule has 1 aliphatic rings.